The number of rotatable bonds is 9. The molecule has 0 saturated heterocycles. The molecule has 0 spiro atoms. The molecule has 0 bridgehead atoms. The van der Waals surface area contributed by atoms with Gasteiger partial charge in [-0.15, -0.1) is 0 Å². The maximum absolute atomic E-state index is 12.8. The van der Waals surface area contributed by atoms with Crippen LogP contribution in [0.4, 0.5) is 5.69 Å². The third-order valence-electron chi connectivity index (χ3n) is 3.84. The van der Waals surface area contributed by atoms with Gasteiger partial charge in [-0.25, -0.2) is 8.42 Å². The van der Waals surface area contributed by atoms with E-state index in [4.69, 9.17) is 4.74 Å². The maximum Gasteiger partial charge on any atom is 0.264 e. The Morgan fingerprint density at radius 1 is 1.08 bits per heavy atom. The molecule has 2 rings (SSSR count). The standard InChI is InChI=1S/C19H24N2O4S/c1-3-25-15-9-14-20-19(22)17-12-7-8-13-18(17)21(2)26(23,24)16-10-5-4-6-11-16/h4-8,10-13H,3,9,14-15H2,1-2H3,(H,20,22). The number of carbonyl (C=O) groups is 1. The lowest BCUT2D eigenvalue weighted by atomic mass is 10.1. The minimum absolute atomic E-state index is 0.175. The van der Waals surface area contributed by atoms with Crippen molar-refractivity contribution < 1.29 is 17.9 Å². The molecule has 0 aliphatic heterocycles. The van der Waals surface area contributed by atoms with Gasteiger partial charge in [-0.2, -0.15) is 0 Å². The van der Waals surface area contributed by atoms with Crippen molar-refractivity contribution in [2.24, 2.45) is 0 Å². The highest BCUT2D eigenvalue weighted by Crippen LogP contribution is 2.25. The molecule has 0 radical (unpaired) electrons. The van der Waals surface area contributed by atoms with E-state index < -0.39 is 10.0 Å². The minimum atomic E-state index is -3.75. The maximum atomic E-state index is 12.8. The first-order valence-corrected chi connectivity index (χ1v) is 9.91. The monoisotopic (exact) mass is 376 g/mol. The Morgan fingerprint density at radius 3 is 2.42 bits per heavy atom. The second-order valence-corrected chi connectivity index (χ2v) is 7.58. The molecule has 6 nitrogen and oxygen atoms in total. The quantitative estimate of drug-likeness (QED) is 0.683. The summed E-state index contributed by atoms with van der Waals surface area (Å²) in [6.45, 7) is 3.58. The molecule has 0 unspecified atom stereocenters. The molecular weight excluding hydrogens is 352 g/mol. The molecule has 0 aliphatic rings. The molecule has 1 N–H and O–H groups in total. The first-order valence-electron chi connectivity index (χ1n) is 8.47. The number of hydrogen-bond donors (Lipinski definition) is 1. The average Bonchev–Trinajstić information content (AvgIpc) is 2.67. The van der Waals surface area contributed by atoms with E-state index in [0.717, 1.165) is 4.31 Å². The van der Waals surface area contributed by atoms with Gasteiger partial charge in [0, 0.05) is 26.8 Å². The van der Waals surface area contributed by atoms with E-state index in [1.165, 1.54) is 19.2 Å². The van der Waals surface area contributed by atoms with Gasteiger partial charge < -0.3 is 10.1 Å². The Kier molecular flexibility index (Phi) is 7.17. The van der Waals surface area contributed by atoms with Crippen LogP contribution in [0.3, 0.4) is 0 Å². The SMILES string of the molecule is CCOCCCNC(=O)c1ccccc1N(C)S(=O)(=O)c1ccccc1. The first kappa shape index (κ1) is 19.9. The summed E-state index contributed by atoms with van der Waals surface area (Å²) in [6.07, 6.45) is 0.694. The number of hydrogen-bond acceptors (Lipinski definition) is 4. The Labute approximate surface area is 154 Å². The molecule has 26 heavy (non-hydrogen) atoms. The Bertz CT molecular complexity index is 822. The molecule has 2 aromatic rings. The Balaban J connectivity index is 2.19. The van der Waals surface area contributed by atoms with Crippen LogP contribution in [0.25, 0.3) is 0 Å². The number of nitrogens with one attached hydrogen (secondary N) is 1. The van der Waals surface area contributed by atoms with Crippen LogP contribution < -0.4 is 9.62 Å². The highest BCUT2D eigenvalue weighted by atomic mass is 32.2. The van der Waals surface area contributed by atoms with Crippen LogP contribution >= 0.6 is 0 Å². The molecule has 1 amide bonds. The molecule has 2 aromatic carbocycles. The predicted molar refractivity (Wildman–Crippen MR) is 102 cm³/mol. The van der Waals surface area contributed by atoms with Gasteiger partial charge in [0.25, 0.3) is 15.9 Å². The zero-order chi connectivity index (χ0) is 19.0. The zero-order valence-electron chi connectivity index (χ0n) is 15.0. The van der Waals surface area contributed by atoms with E-state index >= 15 is 0 Å². The van der Waals surface area contributed by atoms with Crippen molar-refractivity contribution in [2.45, 2.75) is 18.2 Å². The summed E-state index contributed by atoms with van der Waals surface area (Å²) in [7, 11) is -2.30. The van der Waals surface area contributed by atoms with Crippen molar-refractivity contribution in [3.05, 3.63) is 60.2 Å². The number of ether oxygens (including phenoxy) is 1. The van der Waals surface area contributed by atoms with Crippen LogP contribution in [-0.2, 0) is 14.8 Å². The first-order chi connectivity index (χ1) is 12.5. The van der Waals surface area contributed by atoms with E-state index in [1.807, 2.05) is 6.92 Å². The summed E-state index contributed by atoms with van der Waals surface area (Å²) in [5, 5.41) is 2.80. The highest BCUT2D eigenvalue weighted by Gasteiger charge is 2.24. The van der Waals surface area contributed by atoms with E-state index in [1.54, 1.807) is 42.5 Å². The molecule has 7 heteroatoms. The molecular formula is C19H24N2O4S. The fourth-order valence-corrected chi connectivity index (χ4v) is 3.67. The number of nitrogens with zero attached hydrogens (tertiary/aromatic N) is 1. The molecule has 0 heterocycles. The average molecular weight is 376 g/mol. The Morgan fingerprint density at radius 2 is 1.73 bits per heavy atom. The zero-order valence-corrected chi connectivity index (χ0v) is 15.8. The van der Waals surface area contributed by atoms with Crippen molar-refractivity contribution in [1.82, 2.24) is 5.32 Å². The van der Waals surface area contributed by atoms with Gasteiger partial charge in [0.2, 0.25) is 0 Å². The molecule has 0 saturated carbocycles. The largest absolute Gasteiger partial charge is 0.382 e. The summed E-state index contributed by atoms with van der Waals surface area (Å²) < 4.78 is 32.0. The second kappa shape index (κ2) is 9.35. The summed E-state index contributed by atoms with van der Waals surface area (Å²) in [5.41, 5.74) is 0.643. The number of carbonyl (C=O) groups excluding carboxylic acids is 1. The van der Waals surface area contributed by atoms with Gasteiger partial charge in [-0.05, 0) is 37.6 Å². The van der Waals surface area contributed by atoms with Crippen LogP contribution in [0.15, 0.2) is 59.5 Å². The smallest absolute Gasteiger partial charge is 0.264 e. The highest BCUT2D eigenvalue weighted by molar-refractivity contribution is 7.92. The third kappa shape index (κ3) is 4.83. The summed E-state index contributed by atoms with van der Waals surface area (Å²) in [4.78, 5) is 12.7. The molecule has 140 valence electrons. The van der Waals surface area contributed by atoms with Crippen LogP contribution in [0.1, 0.15) is 23.7 Å². The normalized spacial score (nSPS) is 11.2. The van der Waals surface area contributed by atoms with Crippen molar-refractivity contribution in [3.8, 4) is 0 Å². The molecule has 0 fully saturated rings. The Hall–Kier alpha value is -2.38. The van der Waals surface area contributed by atoms with E-state index in [2.05, 4.69) is 5.32 Å². The van der Waals surface area contributed by atoms with E-state index in [0.29, 0.717) is 37.4 Å². The topological polar surface area (TPSA) is 75.7 Å². The summed E-state index contributed by atoms with van der Waals surface area (Å²) >= 11 is 0. The molecule has 0 aliphatic carbocycles. The van der Waals surface area contributed by atoms with Gasteiger partial charge >= 0.3 is 0 Å². The molecule has 0 aromatic heterocycles. The lowest BCUT2D eigenvalue weighted by Gasteiger charge is -2.22. The van der Waals surface area contributed by atoms with Gasteiger partial charge in [-0.1, -0.05) is 30.3 Å². The summed E-state index contributed by atoms with van der Waals surface area (Å²) in [6, 6.07) is 14.8. The number of amides is 1. The van der Waals surface area contributed by atoms with Gasteiger partial charge in [-0.3, -0.25) is 9.10 Å². The fraction of sp³-hybridized carbons (Fsp3) is 0.316. The van der Waals surface area contributed by atoms with Crippen molar-refractivity contribution >= 4 is 21.6 Å². The van der Waals surface area contributed by atoms with Gasteiger partial charge in [0.05, 0.1) is 16.1 Å². The van der Waals surface area contributed by atoms with Crippen molar-refractivity contribution in [3.63, 3.8) is 0 Å². The molecule has 0 atom stereocenters. The van der Waals surface area contributed by atoms with Gasteiger partial charge in [0.1, 0.15) is 0 Å². The number of sulfonamides is 1. The third-order valence-corrected chi connectivity index (χ3v) is 5.63. The number of anilines is 1. The van der Waals surface area contributed by atoms with Crippen LogP contribution in [0, 0.1) is 0 Å². The van der Waals surface area contributed by atoms with Crippen LogP contribution in [0.5, 0.6) is 0 Å². The van der Waals surface area contributed by atoms with Crippen LogP contribution in [-0.4, -0.2) is 41.1 Å². The lowest BCUT2D eigenvalue weighted by Crippen LogP contribution is -2.31. The summed E-state index contributed by atoms with van der Waals surface area (Å²) in [5.74, 6) is -0.313. The minimum Gasteiger partial charge on any atom is -0.382 e. The lowest BCUT2D eigenvalue weighted by molar-refractivity contribution is 0.0945. The van der Waals surface area contributed by atoms with Crippen LogP contribution in [0.2, 0.25) is 0 Å². The van der Waals surface area contributed by atoms with E-state index in [-0.39, 0.29) is 10.8 Å². The number of para-hydroxylation sites is 1. The van der Waals surface area contributed by atoms with E-state index in [9.17, 15) is 13.2 Å². The number of benzene rings is 2. The van der Waals surface area contributed by atoms with Gasteiger partial charge in [0.15, 0.2) is 0 Å². The second-order valence-electron chi connectivity index (χ2n) is 5.61. The fourth-order valence-electron chi connectivity index (χ4n) is 2.44. The van der Waals surface area contributed by atoms with Crippen molar-refractivity contribution in [2.75, 3.05) is 31.1 Å². The van der Waals surface area contributed by atoms with Crippen molar-refractivity contribution in [1.29, 1.82) is 0 Å². The predicted octanol–water partition coefficient (Wildman–Crippen LogP) is 2.67.